The Bertz CT molecular complexity index is 778. The molecule has 0 fully saturated rings. The molecule has 0 aromatic heterocycles. The van der Waals surface area contributed by atoms with Gasteiger partial charge >= 0.3 is 12.6 Å². The van der Waals surface area contributed by atoms with Gasteiger partial charge < -0.3 is 23.7 Å². The molecule has 0 atom stereocenters. The van der Waals surface area contributed by atoms with Crippen molar-refractivity contribution in [2.75, 3.05) is 13.9 Å². The Kier molecular flexibility index (Phi) is 4.87. The van der Waals surface area contributed by atoms with Gasteiger partial charge in [0.2, 0.25) is 6.79 Å². The second-order valence-electron chi connectivity index (χ2n) is 5.01. The number of benzene rings is 2. The summed E-state index contributed by atoms with van der Waals surface area (Å²) in [6.07, 6.45) is 0. The van der Waals surface area contributed by atoms with Gasteiger partial charge in [0.25, 0.3) is 0 Å². The number of carbonyl (C=O) groups is 1. The lowest BCUT2D eigenvalue weighted by Gasteiger charge is -2.11. The van der Waals surface area contributed by atoms with E-state index in [2.05, 4.69) is 4.74 Å². The first-order valence-electron chi connectivity index (χ1n) is 7.25. The number of methoxy groups -OCH3 is 1. The van der Waals surface area contributed by atoms with Crippen LogP contribution in [-0.4, -0.2) is 26.5 Å². The molecule has 0 radical (unpaired) electrons. The van der Waals surface area contributed by atoms with E-state index < -0.39 is 12.6 Å². The molecule has 8 heteroatoms. The first-order valence-corrected chi connectivity index (χ1v) is 7.25. The number of fused-ring (bicyclic) bond motifs is 1. The van der Waals surface area contributed by atoms with Crippen molar-refractivity contribution in [2.45, 2.75) is 13.2 Å². The van der Waals surface area contributed by atoms with Crippen molar-refractivity contribution in [2.24, 2.45) is 0 Å². The maximum atomic E-state index is 12.3. The van der Waals surface area contributed by atoms with Crippen LogP contribution in [0.3, 0.4) is 0 Å². The number of alkyl halides is 2. The molecule has 132 valence electrons. The molecule has 0 amide bonds. The molecule has 2 aromatic rings. The number of hydrogen-bond acceptors (Lipinski definition) is 6. The lowest BCUT2D eigenvalue weighted by atomic mass is 10.2. The molecule has 0 bridgehead atoms. The molecule has 6 nitrogen and oxygen atoms in total. The van der Waals surface area contributed by atoms with Crippen molar-refractivity contribution in [3.05, 3.63) is 47.5 Å². The third kappa shape index (κ3) is 3.90. The maximum Gasteiger partial charge on any atom is 0.387 e. The predicted octanol–water partition coefficient (Wildman–Crippen LogP) is 3.38. The lowest BCUT2D eigenvalue weighted by molar-refractivity contribution is -0.0512. The van der Waals surface area contributed by atoms with E-state index in [1.807, 2.05) is 0 Å². The number of rotatable bonds is 6. The van der Waals surface area contributed by atoms with Gasteiger partial charge in [0.15, 0.2) is 23.0 Å². The van der Waals surface area contributed by atoms with Crippen LogP contribution in [0.2, 0.25) is 0 Å². The number of carbonyl (C=O) groups excluding carboxylic acids is 1. The molecule has 2 aromatic carbocycles. The highest BCUT2D eigenvalue weighted by Crippen LogP contribution is 2.33. The zero-order chi connectivity index (χ0) is 17.8. The fourth-order valence-corrected chi connectivity index (χ4v) is 2.25. The van der Waals surface area contributed by atoms with Gasteiger partial charge in [0.1, 0.15) is 6.61 Å². The standard InChI is InChI=1S/C17H14F2O6/c1-21-14-6-10(2-4-13(14)25-17(18)19)8-22-16(20)11-3-5-12-15(7-11)24-9-23-12/h2-7,17H,8-9H2,1H3. The molecule has 25 heavy (non-hydrogen) atoms. The molecular weight excluding hydrogens is 338 g/mol. The minimum absolute atomic E-state index is 0.0570. The summed E-state index contributed by atoms with van der Waals surface area (Å²) in [4.78, 5) is 12.1. The Morgan fingerprint density at radius 1 is 1.12 bits per heavy atom. The Morgan fingerprint density at radius 2 is 1.92 bits per heavy atom. The molecule has 3 rings (SSSR count). The van der Waals surface area contributed by atoms with Crippen LogP contribution in [0.4, 0.5) is 8.78 Å². The van der Waals surface area contributed by atoms with Gasteiger partial charge in [-0.25, -0.2) is 4.79 Å². The van der Waals surface area contributed by atoms with Gasteiger partial charge in [-0.05, 0) is 35.9 Å². The maximum absolute atomic E-state index is 12.3. The van der Waals surface area contributed by atoms with Gasteiger partial charge in [-0.1, -0.05) is 6.07 Å². The lowest BCUT2D eigenvalue weighted by Crippen LogP contribution is -2.06. The quantitative estimate of drug-likeness (QED) is 0.743. The molecule has 0 unspecified atom stereocenters. The number of hydrogen-bond donors (Lipinski definition) is 0. The largest absolute Gasteiger partial charge is 0.493 e. The van der Waals surface area contributed by atoms with Crippen molar-refractivity contribution in [1.82, 2.24) is 0 Å². The molecule has 0 N–H and O–H groups in total. The number of halogens is 2. The Labute approximate surface area is 141 Å². The Morgan fingerprint density at radius 3 is 2.68 bits per heavy atom. The molecule has 0 saturated heterocycles. The topological polar surface area (TPSA) is 63.2 Å². The zero-order valence-corrected chi connectivity index (χ0v) is 13.2. The Balaban J connectivity index is 1.65. The minimum atomic E-state index is -2.96. The van der Waals surface area contributed by atoms with E-state index in [9.17, 15) is 13.6 Å². The molecule has 1 heterocycles. The van der Waals surface area contributed by atoms with Crippen LogP contribution in [0.25, 0.3) is 0 Å². The summed E-state index contributed by atoms with van der Waals surface area (Å²) in [5, 5.41) is 0. The highest BCUT2D eigenvalue weighted by molar-refractivity contribution is 5.90. The van der Waals surface area contributed by atoms with Gasteiger partial charge in [-0.3, -0.25) is 0 Å². The third-order valence-corrected chi connectivity index (χ3v) is 3.42. The van der Waals surface area contributed by atoms with E-state index >= 15 is 0 Å². The van der Waals surface area contributed by atoms with Crippen molar-refractivity contribution >= 4 is 5.97 Å². The summed E-state index contributed by atoms with van der Waals surface area (Å²) >= 11 is 0. The van der Waals surface area contributed by atoms with Crippen LogP contribution in [0.15, 0.2) is 36.4 Å². The van der Waals surface area contributed by atoms with Gasteiger partial charge in [-0.15, -0.1) is 0 Å². The summed E-state index contributed by atoms with van der Waals surface area (Å²) in [6.45, 7) is -2.90. The van der Waals surface area contributed by atoms with E-state index in [0.717, 1.165) is 0 Å². The predicted molar refractivity (Wildman–Crippen MR) is 81.3 cm³/mol. The van der Waals surface area contributed by atoms with E-state index in [1.165, 1.54) is 31.4 Å². The number of esters is 1. The van der Waals surface area contributed by atoms with E-state index in [0.29, 0.717) is 22.6 Å². The smallest absolute Gasteiger partial charge is 0.387 e. The van der Waals surface area contributed by atoms with Gasteiger partial charge in [0, 0.05) is 0 Å². The molecule has 1 aliphatic heterocycles. The normalized spacial score (nSPS) is 12.2. The van der Waals surface area contributed by atoms with Crippen LogP contribution in [0.1, 0.15) is 15.9 Å². The van der Waals surface area contributed by atoms with Crippen LogP contribution >= 0.6 is 0 Å². The minimum Gasteiger partial charge on any atom is -0.493 e. The van der Waals surface area contributed by atoms with Crippen molar-refractivity contribution in [3.8, 4) is 23.0 Å². The summed E-state index contributed by atoms with van der Waals surface area (Å²) in [5.41, 5.74) is 0.876. The van der Waals surface area contributed by atoms with Crippen LogP contribution in [0.5, 0.6) is 23.0 Å². The fraction of sp³-hybridized carbons (Fsp3) is 0.235. The zero-order valence-electron chi connectivity index (χ0n) is 13.2. The monoisotopic (exact) mass is 352 g/mol. The van der Waals surface area contributed by atoms with Crippen LogP contribution in [0, 0.1) is 0 Å². The van der Waals surface area contributed by atoms with Crippen molar-refractivity contribution < 1.29 is 37.3 Å². The van der Waals surface area contributed by atoms with Crippen molar-refractivity contribution in [3.63, 3.8) is 0 Å². The average Bonchev–Trinajstić information content (AvgIpc) is 3.07. The SMILES string of the molecule is COc1cc(COC(=O)c2ccc3c(c2)OCO3)ccc1OC(F)F. The van der Waals surface area contributed by atoms with Crippen molar-refractivity contribution in [1.29, 1.82) is 0 Å². The highest BCUT2D eigenvalue weighted by Gasteiger charge is 2.17. The molecule has 0 spiro atoms. The highest BCUT2D eigenvalue weighted by atomic mass is 19.3. The van der Waals surface area contributed by atoms with E-state index in [4.69, 9.17) is 18.9 Å². The molecule has 0 aliphatic carbocycles. The van der Waals surface area contributed by atoms with Gasteiger partial charge in [-0.2, -0.15) is 8.78 Å². The third-order valence-electron chi connectivity index (χ3n) is 3.42. The Hall–Kier alpha value is -3.03. The first-order chi connectivity index (χ1) is 12.1. The molecule has 0 saturated carbocycles. The van der Waals surface area contributed by atoms with Crippen LogP contribution in [-0.2, 0) is 11.3 Å². The van der Waals surface area contributed by atoms with Gasteiger partial charge in [0.05, 0.1) is 12.7 Å². The first kappa shape index (κ1) is 16.8. The average molecular weight is 352 g/mol. The second kappa shape index (κ2) is 7.25. The fourth-order valence-electron chi connectivity index (χ4n) is 2.25. The van der Waals surface area contributed by atoms with Crippen LogP contribution < -0.4 is 18.9 Å². The van der Waals surface area contributed by atoms with E-state index in [-0.39, 0.29) is 24.9 Å². The molecular formula is C17H14F2O6. The molecule has 1 aliphatic rings. The summed E-state index contributed by atoms with van der Waals surface area (Å²) < 4.78 is 49.5. The second-order valence-corrected chi connectivity index (χ2v) is 5.01. The van der Waals surface area contributed by atoms with E-state index in [1.54, 1.807) is 12.1 Å². The summed E-state index contributed by atoms with van der Waals surface area (Å²) in [6, 6.07) is 9.02. The summed E-state index contributed by atoms with van der Waals surface area (Å²) in [7, 11) is 1.33. The number of ether oxygens (including phenoxy) is 5. The summed E-state index contributed by atoms with van der Waals surface area (Å²) in [5.74, 6) is 0.519.